The van der Waals surface area contributed by atoms with Crippen LogP contribution in [0.15, 0.2) is 65.2 Å². The van der Waals surface area contributed by atoms with E-state index >= 15 is 0 Å². The molecular weight excluding hydrogens is 386 g/mol. The van der Waals surface area contributed by atoms with Crippen LogP contribution in [0, 0.1) is 0 Å². The molecule has 0 fully saturated rings. The minimum atomic E-state index is -1.13. The first kappa shape index (κ1) is 19.4. The second-order valence-electron chi connectivity index (χ2n) is 6.84. The number of hydrogen-bond donors (Lipinski definition) is 2. The number of imide groups is 1. The van der Waals surface area contributed by atoms with E-state index in [4.69, 9.17) is 9.52 Å². The van der Waals surface area contributed by atoms with Gasteiger partial charge in [0.1, 0.15) is 6.04 Å². The van der Waals surface area contributed by atoms with Crippen molar-refractivity contribution in [2.75, 3.05) is 6.54 Å². The highest BCUT2D eigenvalue weighted by Gasteiger charge is 2.41. The van der Waals surface area contributed by atoms with Gasteiger partial charge in [-0.15, -0.1) is 0 Å². The molecule has 1 aromatic heterocycles. The molecule has 2 heterocycles. The molecule has 0 saturated carbocycles. The average Bonchev–Trinajstić information content (AvgIpc) is 3.34. The van der Waals surface area contributed by atoms with Gasteiger partial charge in [-0.25, -0.2) is 9.78 Å². The number of rotatable bonds is 7. The topological polar surface area (TPSA) is 113 Å². The summed E-state index contributed by atoms with van der Waals surface area (Å²) >= 11 is 0. The molecule has 2 N–H and O–H groups in total. The van der Waals surface area contributed by atoms with E-state index in [0.717, 1.165) is 10.5 Å². The molecule has 1 aliphatic heterocycles. The van der Waals surface area contributed by atoms with Crippen LogP contribution in [0.1, 0.15) is 45.5 Å². The molecule has 0 spiro atoms. The minimum Gasteiger partial charge on any atom is -0.465 e. The number of fused-ring (bicyclic) bond motifs is 1. The molecule has 3 aromatic rings. The van der Waals surface area contributed by atoms with Gasteiger partial charge in [-0.1, -0.05) is 42.5 Å². The number of benzene rings is 2. The molecule has 4 rings (SSSR count). The molecule has 30 heavy (non-hydrogen) atoms. The van der Waals surface area contributed by atoms with Crippen LogP contribution in [0.5, 0.6) is 0 Å². The van der Waals surface area contributed by atoms with Crippen molar-refractivity contribution in [1.29, 1.82) is 0 Å². The van der Waals surface area contributed by atoms with Crippen LogP contribution in [-0.4, -0.2) is 39.4 Å². The molecule has 2 aromatic carbocycles. The Bertz CT molecular complexity index is 1060. The van der Waals surface area contributed by atoms with Crippen molar-refractivity contribution in [2.24, 2.45) is 0 Å². The lowest BCUT2D eigenvalue weighted by Gasteiger charge is -2.23. The monoisotopic (exact) mass is 405 g/mol. The smallest absolute Gasteiger partial charge is 0.404 e. The Morgan fingerprint density at radius 2 is 1.67 bits per heavy atom. The van der Waals surface area contributed by atoms with E-state index in [2.05, 4.69) is 10.3 Å². The number of nitrogens with one attached hydrogen (secondary N) is 1. The van der Waals surface area contributed by atoms with Gasteiger partial charge < -0.3 is 14.8 Å². The summed E-state index contributed by atoms with van der Waals surface area (Å²) in [4.78, 5) is 42.1. The SMILES string of the molecule is O=C(O)NCCC[C@@H](c1ncc(-c2ccccc2)o1)N1C(=O)c2ccccc2C1=O. The molecule has 0 radical (unpaired) electrons. The molecule has 0 aliphatic carbocycles. The van der Waals surface area contributed by atoms with Crippen molar-refractivity contribution in [3.05, 3.63) is 77.8 Å². The Morgan fingerprint density at radius 1 is 1.03 bits per heavy atom. The summed E-state index contributed by atoms with van der Waals surface area (Å²) in [6.07, 6.45) is 1.13. The Morgan fingerprint density at radius 3 is 2.30 bits per heavy atom. The van der Waals surface area contributed by atoms with Gasteiger partial charge in [0.2, 0.25) is 5.89 Å². The van der Waals surface area contributed by atoms with E-state index in [-0.39, 0.29) is 12.4 Å². The van der Waals surface area contributed by atoms with E-state index in [1.807, 2.05) is 30.3 Å². The van der Waals surface area contributed by atoms with Gasteiger partial charge in [0.15, 0.2) is 5.76 Å². The number of carbonyl (C=O) groups is 3. The molecule has 8 nitrogen and oxygen atoms in total. The lowest BCUT2D eigenvalue weighted by atomic mass is 10.1. The van der Waals surface area contributed by atoms with Gasteiger partial charge in [-0.2, -0.15) is 0 Å². The van der Waals surface area contributed by atoms with Crippen molar-refractivity contribution in [3.63, 3.8) is 0 Å². The molecule has 0 unspecified atom stereocenters. The van der Waals surface area contributed by atoms with Gasteiger partial charge in [-0.05, 0) is 25.0 Å². The normalized spacial score (nSPS) is 13.9. The predicted molar refractivity (Wildman–Crippen MR) is 107 cm³/mol. The number of oxazole rings is 1. The van der Waals surface area contributed by atoms with Crippen LogP contribution in [0.3, 0.4) is 0 Å². The van der Waals surface area contributed by atoms with Crippen molar-refractivity contribution in [3.8, 4) is 11.3 Å². The minimum absolute atomic E-state index is 0.182. The lowest BCUT2D eigenvalue weighted by Crippen LogP contribution is -2.35. The van der Waals surface area contributed by atoms with Crippen molar-refractivity contribution < 1.29 is 23.9 Å². The Labute approximate surface area is 172 Å². The van der Waals surface area contributed by atoms with Gasteiger partial charge in [0.05, 0.1) is 17.3 Å². The number of aromatic nitrogens is 1. The molecule has 0 bridgehead atoms. The Balaban J connectivity index is 1.64. The summed E-state index contributed by atoms with van der Waals surface area (Å²) in [5, 5.41) is 11.1. The van der Waals surface area contributed by atoms with E-state index in [9.17, 15) is 14.4 Å². The van der Waals surface area contributed by atoms with Gasteiger partial charge in [-0.3, -0.25) is 14.5 Å². The van der Waals surface area contributed by atoms with Crippen molar-refractivity contribution >= 4 is 17.9 Å². The third-order valence-corrected chi connectivity index (χ3v) is 4.93. The van der Waals surface area contributed by atoms with Gasteiger partial charge in [0.25, 0.3) is 11.8 Å². The molecular formula is C22H19N3O5. The standard InChI is InChI=1S/C22H19N3O5/c26-20-15-9-4-5-10-16(15)21(27)25(20)17(11-6-12-23-22(28)29)19-24-13-18(30-19)14-7-2-1-3-8-14/h1-5,7-10,13,17,23H,6,11-12H2,(H,28,29)/t17-/m0/s1. The van der Waals surface area contributed by atoms with Crippen LogP contribution >= 0.6 is 0 Å². The lowest BCUT2D eigenvalue weighted by molar-refractivity contribution is 0.0546. The summed E-state index contributed by atoms with van der Waals surface area (Å²) in [6.45, 7) is 0.182. The summed E-state index contributed by atoms with van der Waals surface area (Å²) in [5.41, 5.74) is 1.50. The summed E-state index contributed by atoms with van der Waals surface area (Å²) in [6, 6.07) is 15.3. The fourth-order valence-electron chi connectivity index (χ4n) is 3.52. The highest BCUT2D eigenvalue weighted by atomic mass is 16.4. The highest BCUT2D eigenvalue weighted by molar-refractivity contribution is 6.21. The molecule has 8 heteroatoms. The van der Waals surface area contributed by atoms with Gasteiger partial charge in [0, 0.05) is 12.1 Å². The first-order valence-corrected chi connectivity index (χ1v) is 9.51. The first-order valence-electron chi connectivity index (χ1n) is 9.51. The fourth-order valence-corrected chi connectivity index (χ4v) is 3.52. The van der Waals surface area contributed by atoms with Crippen LogP contribution in [0.2, 0.25) is 0 Å². The van der Waals surface area contributed by atoms with E-state index in [1.54, 1.807) is 30.5 Å². The Kier molecular flexibility index (Phi) is 5.30. The van der Waals surface area contributed by atoms with Crippen LogP contribution in [-0.2, 0) is 0 Å². The zero-order valence-corrected chi connectivity index (χ0v) is 15.9. The fraction of sp³-hybridized carbons (Fsp3) is 0.182. The van der Waals surface area contributed by atoms with Crippen LogP contribution in [0.4, 0.5) is 4.79 Å². The number of carboxylic acid groups (broad SMARTS) is 1. The average molecular weight is 405 g/mol. The highest BCUT2D eigenvalue weighted by Crippen LogP contribution is 2.35. The quantitative estimate of drug-likeness (QED) is 0.457. The maximum atomic E-state index is 13.0. The Hall–Kier alpha value is -3.94. The molecule has 3 amide bonds. The second-order valence-corrected chi connectivity index (χ2v) is 6.84. The van der Waals surface area contributed by atoms with E-state index < -0.39 is 23.9 Å². The van der Waals surface area contributed by atoms with Crippen LogP contribution < -0.4 is 5.32 Å². The number of hydrogen-bond acceptors (Lipinski definition) is 5. The molecule has 1 aliphatic rings. The largest absolute Gasteiger partial charge is 0.465 e. The summed E-state index contributed by atoms with van der Waals surface area (Å²) in [5.74, 6) is -0.0629. The predicted octanol–water partition coefficient (Wildman–Crippen LogP) is 3.73. The maximum absolute atomic E-state index is 13.0. The molecule has 0 saturated heterocycles. The zero-order valence-electron chi connectivity index (χ0n) is 15.9. The number of nitrogens with zero attached hydrogens (tertiary/aromatic N) is 2. The van der Waals surface area contributed by atoms with E-state index in [1.165, 1.54) is 0 Å². The zero-order chi connectivity index (χ0) is 21.1. The van der Waals surface area contributed by atoms with Crippen molar-refractivity contribution in [1.82, 2.24) is 15.2 Å². The molecule has 1 atom stereocenters. The maximum Gasteiger partial charge on any atom is 0.404 e. The van der Waals surface area contributed by atoms with E-state index in [0.29, 0.717) is 29.7 Å². The second kappa shape index (κ2) is 8.20. The van der Waals surface area contributed by atoms with Gasteiger partial charge >= 0.3 is 6.09 Å². The molecule has 152 valence electrons. The summed E-state index contributed by atoms with van der Waals surface area (Å²) in [7, 11) is 0. The third kappa shape index (κ3) is 3.67. The van der Waals surface area contributed by atoms with Crippen LogP contribution in [0.25, 0.3) is 11.3 Å². The number of amides is 3. The third-order valence-electron chi connectivity index (χ3n) is 4.93. The number of carbonyl (C=O) groups excluding carboxylic acids is 2. The first-order chi connectivity index (χ1) is 14.6. The van der Waals surface area contributed by atoms with Crippen molar-refractivity contribution in [2.45, 2.75) is 18.9 Å². The summed E-state index contributed by atoms with van der Waals surface area (Å²) < 4.78 is 5.92.